The zero-order chi connectivity index (χ0) is 20.4. The zero-order valence-electron chi connectivity index (χ0n) is 16.7. The van der Waals surface area contributed by atoms with Crippen molar-refractivity contribution < 1.29 is 19.4 Å². The lowest BCUT2D eigenvalue weighted by Crippen LogP contribution is -2.07. The third kappa shape index (κ3) is 3.45. The summed E-state index contributed by atoms with van der Waals surface area (Å²) in [5.74, 6) is 0.304. The van der Waals surface area contributed by atoms with Crippen molar-refractivity contribution in [2.24, 2.45) is 0 Å². The number of nitrogens with zero attached hydrogens (tertiary/aromatic N) is 2. The predicted molar refractivity (Wildman–Crippen MR) is 108 cm³/mol. The second-order valence-electron chi connectivity index (χ2n) is 6.89. The van der Waals surface area contributed by atoms with E-state index in [0.717, 1.165) is 16.8 Å². The maximum Gasteiger partial charge on any atom is 0.356 e. The first-order chi connectivity index (χ1) is 13.4. The Kier molecular flexibility index (Phi) is 5.40. The second-order valence-corrected chi connectivity index (χ2v) is 6.89. The number of ether oxygens (including phenoxy) is 2. The van der Waals surface area contributed by atoms with Gasteiger partial charge >= 0.3 is 5.97 Å². The molecule has 6 nitrogen and oxygen atoms in total. The van der Waals surface area contributed by atoms with Crippen LogP contribution in [0.3, 0.4) is 0 Å². The largest absolute Gasteiger partial charge is 0.496 e. The Balaban J connectivity index is 2.37. The van der Waals surface area contributed by atoms with E-state index >= 15 is 0 Å². The number of aromatic nitrogens is 2. The van der Waals surface area contributed by atoms with Gasteiger partial charge in [0.1, 0.15) is 11.5 Å². The molecular weight excluding hydrogens is 356 g/mol. The van der Waals surface area contributed by atoms with Gasteiger partial charge in [0.25, 0.3) is 0 Å². The number of hydrogen-bond donors (Lipinski definition) is 1. The Labute approximate surface area is 164 Å². The third-order valence-electron chi connectivity index (χ3n) is 4.65. The Morgan fingerprint density at radius 2 is 1.71 bits per heavy atom. The summed E-state index contributed by atoms with van der Waals surface area (Å²) < 4.78 is 12.7. The van der Waals surface area contributed by atoms with Gasteiger partial charge in [0.2, 0.25) is 0 Å². The molecule has 1 aromatic heterocycles. The number of hydrogen-bond acceptors (Lipinski definition) is 4. The standard InChI is InChI=1S/C22H24N2O4/c1-13(2)15-11-14(3)9-10-17(15)24-18(12-16(23-24)22(25)26)21-19(27-4)7-6-8-20(21)28-5/h6-13H,1-5H3,(H,25,26). The van der Waals surface area contributed by atoms with Crippen molar-refractivity contribution >= 4 is 5.97 Å². The summed E-state index contributed by atoms with van der Waals surface area (Å²) in [6, 6.07) is 13.1. The predicted octanol–water partition coefficient (Wildman–Crippen LogP) is 4.69. The molecule has 146 valence electrons. The Morgan fingerprint density at radius 1 is 1.07 bits per heavy atom. The van der Waals surface area contributed by atoms with Crippen molar-refractivity contribution in [3.05, 3.63) is 59.3 Å². The quantitative estimate of drug-likeness (QED) is 0.672. The fraction of sp³-hybridized carbons (Fsp3) is 0.273. The van der Waals surface area contributed by atoms with Gasteiger partial charge in [-0.25, -0.2) is 9.48 Å². The van der Waals surface area contributed by atoms with Crippen LogP contribution in [0.15, 0.2) is 42.5 Å². The van der Waals surface area contributed by atoms with Gasteiger partial charge in [-0.05, 0) is 42.7 Å². The minimum Gasteiger partial charge on any atom is -0.496 e. The number of carbonyl (C=O) groups is 1. The Bertz CT molecular complexity index is 999. The first-order valence-corrected chi connectivity index (χ1v) is 9.03. The molecule has 0 unspecified atom stereocenters. The van der Waals surface area contributed by atoms with Gasteiger partial charge in [0.05, 0.1) is 31.2 Å². The lowest BCUT2D eigenvalue weighted by molar-refractivity contribution is 0.0690. The van der Waals surface area contributed by atoms with Crippen LogP contribution < -0.4 is 9.47 Å². The summed E-state index contributed by atoms with van der Waals surface area (Å²) in [7, 11) is 3.14. The van der Waals surface area contributed by atoms with Crippen LogP contribution in [0.2, 0.25) is 0 Å². The van der Waals surface area contributed by atoms with Crippen LogP contribution in [0, 0.1) is 6.92 Å². The van der Waals surface area contributed by atoms with Crippen molar-refractivity contribution in [1.82, 2.24) is 9.78 Å². The maximum atomic E-state index is 11.7. The van der Waals surface area contributed by atoms with E-state index in [0.29, 0.717) is 22.8 Å². The van der Waals surface area contributed by atoms with E-state index in [9.17, 15) is 9.90 Å². The van der Waals surface area contributed by atoms with Crippen molar-refractivity contribution in [3.63, 3.8) is 0 Å². The molecule has 0 aliphatic rings. The van der Waals surface area contributed by atoms with Crippen LogP contribution in [0.25, 0.3) is 16.9 Å². The van der Waals surface area contributed by atoms with Crippen molar-refractivity contribution in [3.8, 4) is 28.4 Å². The first-order valence-electron chi connectivity index (χ1n) is 9.03. The molecule has 0 radical (unpaired) electrons. The summed E-state index contributed by atoms with van der Waals surface area (Å²) in [4.78, 5) is 11.7. The van der Waals surface area contributed by atoms with Crippen LogP contribution in [0.5, 0.6) is 11.5 Å². The highest BCUT2D eigenvalue weighted by atomic mass is 16.5. The molecule has 0 atom stereocenters. The topological polar surface area (TPSA) is 73.6 Å². The fourth-order valence-corrected chi connectivity index (χ4v) is 3.28. The molecule has 0 bridgehead atoms. The third-order valence-corrected chi connectivity index (χ3v) is 4.65. The monoisotopic (exact) mass is 380 g/mol. The smallest absolute Gasteiger partial charge is 0.356 e. The maximum absolute atomic E-state index is 11.7. The van der Waals surface area contributed by atoms with Crippen LogP contribution in [-0.4, -0.2) is 35.1 Å². The van der Waals surface area contributed by atoms with Gasteiger partial charge in [-0.15, -0.1) is 0 Å². The molecule has 0 amide bonds. The molecule has 3 rings (SSSR count). The van der Waals surface area contributed by atoms with E-state index in [1.807, 2.05) is 37.3 Å². The summed E-state index contributed by atoms with van der Waals surface area (Å²) in [5, 5.41) is 13.9. The highest BCUT2D eigenvalue weighted by Gasteiger charge is 2.23. The van der Waals surface area contributed by atoms with E-state index in [4.69, 9.17) is 9.47 Å². The molecule has 28 heavy (non-hydrogen) atoms. The number of methoxy groups -OCH3 is 2. The SMILES string of the molecule is COc1cccc(OC)c1-c1cc(C(=O)O)nn1-c1ccc(C)cc1C(C)C. The van der Waals surface area contributed by atoms with Crippen molar-refractivity contribution in [1.29, 1.82) is 0 Å². The van der Waals surface area contributed by atoms with Gasteiger partial charge in [-0.3, -0.25) is 0 Å². The van der Waals surface area contributed by atoms with Crippen molar-refractivity contribution in [2.75, 3.05) is 14.2 Å². The average Bonchev–Trinajstić information content (AvgIpc) is 3.12. The van der Waals surface area contributed by atoms with E-state index in [2.05, 4.69) is 25.0 Å². The van der Waals surface area contributed by atoms with Gasteiger partial charge < -0.3 is 14.6 Å². The average molecular weight is 380 g/mol. The number of benzene rings is 2. The Hall–Kier alpha value is -3.28. The minimum atomic E-state index is -1.09. The lowest BCUT2D eigenvalue weighted by atomic mass is 9.98. The molecule has 0 aliphatic carbocycles. The number of aryl methyl sites for hydroxylation is 1. The van der Waals surface area contributed by atoms with E-state index in [-0.39, 0.29) is 11.6 Å². The number of aromatic carboxylic acids is 1. The van der Waals surface area contributed by atoms with Gasteiger partial charge in [-0.2, -0.15) is 5.10 Å². The van der Waals surface area contributed by atoms with E-state index in [1.165, 1.54) is 0 Å². The fourth-order valence-electron chi connectivity index (χ4n) is 3.28. The Morgan fingerprint density at radius 3 is 2.25 bits per heavy atom. The zero-order valence-corrected chi connectivity index (χ0v) is 16.7. The van der Waals surface area contributed by atoms with Crippen LogP contribution >= 0.6 is 0 Å². The van der Waals surface area contributed by atoms with Gasteiger partial charge in [0.15, 0.2) is 5.69 Å². The summed E-state index contributed by atoms with van der Waals surface area (Å²) in [5.41, 5.74) is 4.25. The normalized spacial score (nSPS) is 10.9. The lowest BCUT2D eigenvalue weighted by Gasteiger charge is -2.18. The summed E-state index contributed by atoms with van der Waals surface area (Å²) >= 11 is 0. The van der Waals surface area contributed by atoms with E-state index < -0.39 is 5.97 Å². The minimum absolute atomic E-state index is 0.0433. The summed E-state index contributed by atoms with van der Waals surface area (Å²) in [6.45, 7) is 6.23. The van der Waals surface area contributed by atoms with E-state index in [1.54, 1.807) is 25.0 Å². The number of rotatable bonds is 6. The molecule has 0 saturated heterocycles. The van der Waals surface area contributed by atoms with Crippen LogP contribution in [0.4, 0.5) is 0 Å². The van der Waals surface area contributed by atoms with Crippen molar-refractivity contribution in [2.45, 2.75) is 26.7 Å². The number of carboxylic acids is 1. The number of carboxylic acid groups (broad SMARTS) is 1. The van der Waals surface area contributed by atoms with Crippen LogP contribution in [0.1, 0.15) is 41.4 Å². The highest BCUT2D eigenvalue weighted by molar-refractivity contribution is 5.88. The van der Waals surface area contributed by atoms with Gasteiger partial charge in [-0.1, -0.05) is 37.6 Å². The molecule has 3 aromatic rings. The molecular formula is C22H24N2O4. The molecule has 0 spiro atoms. The second kappa shape index (κ2) is 7.76. The first kappa shape index (κ1) is 19.5. The van der Waals surface area contributed by atoms with Crippen LogP contribution in [-0.2, 0) is 0 Å². The van der Waals surface area contributed by atoms with Gasteiger partial charge in [0, 0.05) is 0 Å². The molecule has 1 N–H and O–H groups in total. The molecule has 1 heterocycles. The molecule has 0 saturated carbocycles. The molecule has 2 aromatic carbocycles. The highest BCUT2D eigenvalue weighted by Crippen LogP contribution is 2.40. The molecule has 0 aliphatic heterocycles. The summed E-state index contributed by atoms with van der Waals surface area (Å²) in [6.07, 6.45) is 0. The molecule has 0 fully saturated rings. The molecule has 6 heteroatoms.